The van der Waals surface area contributed by atoms with Crippen molar-refractivity contribution >= 4 is 11.9 Å². The molecule has 1 heterocycles. The smallest absolute Gasteiger partial charge is 0.359 e. The summed E-state index contributed by atoms with van der Waals surface area (Å²) < 4.78 is 9.48. The first-order valence-electron chi connectivity index (χ1n) is 5.33. The van der Waals surface area contributed by atoms with Crippen molar-refractivity contribution in [1.82, 2.24) is 9.97 Å². The van der Waals surface area contributed by atoms with Crippen molar-refractivity contribution in [3.05, 3.63) is 17.7 Å². The second kappa shape index (κ2) is 5.63. The SMILES string of the molecule is CC(C)(C)C(=O)OCOC(=O)c1cnc(CO)[nH]1. The molecule has 1 aromatic heterocycles. The zero-order valence-electron chi connectivity index (χ0n) is 10.5. The molecule has 0 saturated carbocycles. The summed E-state index contributed by atoms with van der Waals surface area (Å²) in [6.07, 6.45) is 1.24. The molecular formula is C11H16N2O5. The Balaban J connectivity index is 2.40. The number of nitrogens with one attached hydrogen (secondary N) is 1. The predicted octanol–water partition coefficient (Wildman–Crippen LogP) is 0.606. The molecule has 18 heavy (non-hydrogen) atoms. The topological polar surface area (TPSA) is 102 Å². The molecule has 0 aromatic carbocycles. The standard InChI is InChI=1S/C11H16N2O5/c1-11(2,3)10(16)18-6-17-9(15)7-4-12-8(5-14)13-7/h4,14H,5-6H2,1-3H3,(H,12,13). The molecule has 0 saturated heterocycles. The first-order valence-corrected chi connectivity index (χ1v) is 5.33. The van der Waals surface area contributed by atoms with E-state index in [0.29, 0.717) is 0 Å². The molecule has 0 unspecified atom stereocenters. The van der Waals surface area contributed by atoms with Crippen LogP contribution < -0.4 is 0 Å². The Morgan fingerprint density at radius 3 is 2.56 bits per heavy atom. The highest BCUT2D eigenvalue weighted by Gasteiger charge is 2.23. The third kappa shape index (κ3) is 3.85. The highest BCUT2D eigenvalue weighted by Crippen LogP contribution is 2.14. The first-order chi connectivity index (χ1) is 8.34. The fraction of sp³-hybridized carbons (Fsp3) is 0.545. The van der Waals surface area contributed by atoms with Crippen LogP contribution in [-0.2, 0) is 20.9 Å². The van der Waals surface area contributed by atoms with Gasteiger partial charge in [0.15, 0.2) is 0 Å². The van der Waals surface area contributed by atoms with E-state index in [4.69, 9.17) is 14.6 Å². The number of carbonyl (C=O) groups is 2. The van der Waals surface area contributed by atoms with E-state index in [1.807, 2.05) is 0 Å². The maximum Gasteiger partial charge on any atom is 0.359 e. The van der Waals surface area contributed by atoms with Crippen LogP contribution in [0.1, 0.15) is 37.1 Å². The summed E-state index contributed by atoms with van der Waals surface area (Å²) in [4.78, 5) is 29.1. The third-order valence-corrected chi connectivity index (χ3v) is 1.99. The van der Waals surface area contributed by atoms with Crippen molar-refractivity contribution in [3.8, 4) is 0 Å². The average molecular weight is 256 g/mol. The maximum atomic E-state index is 11.4. The van der Waals surface area contributed by atoms with Gasteiger partial charge in [0.25, 0.3) is 0 Å². The summed E-state index contributed by atoms with van der Waals surface area (Å²) in [6, 6.07) is 0. The largest absolute Gasteiger partial charge is 0.427 e. The second-order valence-electron chi connectivity index (χ2n) is 4.63. The molecule has 0 radical (unpaired) electrons. The normalized spacial score (nSPS) is 11.1. The number of ether oxygens (including phenoxy) is 2. The minimum atomic E-state index is -0.705. The van der Waals surface area contributed by atoms with Crippen LogP contribution >= 0.6 is 0 Å². The molecule has 0 aliphatic carbocycles. The van der Waals surface area contributed by atoms with Crippen LogP contribution in [0.5, 0.6) is 0 Å². The van der Waals surface area contributed by atoms with Gasteiger partial charge in [-0.15, -0.1) is 0 Å². The molecule has 1 rings (SSSR count). The fourth-order valence-electron chi connectivity index (χ4n) is 0.977. The summed E-state index contributed by atoms with van der Waals surface area (Å²) >= 11 is 0. The summed E-state index contributed by atoms with van der Waals surface area (Å²) in [5.74, 6) is -0.909. The quantitative estimate of drug-likeness (QED) is 0.604. The van der Waals surface area contributed by atoms with Crippen molar-refractivity contribution in [3.63, 3.8) is 0 Å². The van der Waals surface area contributed by atoms with Crippen molar-refractivity contribution < 1.29 is 24.2 Å². The molecule has 100 valence electrons. The lowest BCUT2D eigenvalue weighted by atomic mass is 9.98. The molecule has 0 spiro atoms. The number of hydrogen-bond acceptors (Lipinski definition) is 6. The van der Waals surface area contributed by atoms with Gasteiger partial charge in [0.2, 0.25) is 6.79 Å². The number of H-pyrrole nitrogens is 1. The summed E-state index contributed by atoms with van der Waals surface area (Å²) in [5, 5.41) is 8.76. The van der Waals surface area contributed by atoms with Crippen LogP contribution in [0.2, 0.25) is 0 Å². The molecule has 0 amide bonds. The minimum absolute atomic E-state index is 0.0888. The van der Waals surface area contributed by atoms with Crippen LogP contribution in [0.4, 0.5) is 0 Å². The summed E-state index contributed by atoms with van der Waals surface area (Å²) in [5.41, 5.74) is -0.560. The highest BCUT2D eigenvalue weighted by molar-refractivity contribution is 5.87. The van der Waals surface area contributed by atoms with Gasteiger partial charge >= 0.3 is 11.9 Å². The fourth-order valence-corrected chi connectivity index (χ4v) is 0.977. The number of aliphatic hydroxyl groups excluding tert-OH is 1. The van der Waals surface area contributed by atoms with E-state index >= 15 is 0 Å². The lowest BCUT2D eigenvalue weighted by Gasteiger charge is -2.16. The van der Waals surface area contributed by atoms with Gasteiger partial charge in [0.1, 0.15) is 18.1 Å². The lowest BCUT2D eigenvalue weighted by Crippen LogP contribution is -2.24. The Kier molecular flexibility index (Phi) is 4.43. The van der Waals surface area contributed by atoms with Crippen molar-refractivity contribution in [2.75, 3.05) is 6.79 Å². The molecule has 0 atom stereocenters. The van der Waals surface area contributed by atoms with Crippen LogP contribution in [0, 0.1) is 5.41 Å². The van der Waals surface area contributed by atoms with E-state index in [2.05, 4.69) is 9.97 Å². The molecule has 0 aliphatic heterocycles. The van der Waals surface area contributed by atoms with Gasteiger partial charge in [-0.3, -0.25) is 4.79 Å². The number of hydrogen-bond donors (Lipinski definition) is 2. The summed E-state index contributed by atoms with van der Waals surface area (Å²) in [6.45, 7) is 4.33. The Labute approximate surface area is 104 Å². The van der Waals surface area contributed by atoms with E-state index in [1.54, 1.807) is 20.8 Å². The third-order valence-electron chi connectivity index (χ3n) is 1.99. The van der Waals surface area contributed by atoms with Crippen LogP contribution in [0.15, 0.2) is 6.20 Å². The van der Waals surface area contributed by atoms with Gasteiger partial charge in [-0.05, 0) is 20.8 Å². The van der Waals surface area contributed by atoms with Gasteiger partial charge in [-0.2, -0.15) is 0 Å². The second-order valence-corrected chi connectivity index (χ2v) is 4.63. The molecule has 2 N–H and O–H groups in total. The van der Waals surface area contributed by atoms with Gasteiger partial charge in [-0.25, -0.2) is 9.78 Å². The van der Waals surface area contributed by atoms with E-state index in [1.165, 1.54) is 6.20 Å². The number of nitrogens with zero attached hydrogens (tertiary/aromatic N) is 1. The summed E-state index contributed by atoms with van der Waals surface area (Å²) in [7, 11) is 0. The minimum Gasteiger partial charge on any atom is -0.427 e. The van der Waals surface area contributed by atoms with Gasteiger partial charge < -0.3 is 19.6 Å². The Bertz CT molecular complexity index is 433. The molecule has 0 bridgehead atoms. The van der Waals surface area contributed by atoms with Gasteiger partial charge in [0, 0.05) is 0 Å². The average Bonchev–Trinajstić information content (AvgIpc) is 2.75. The number of esters is 2. The van der Waals surface area contributed by atoms with E-state index in [-0.39, 0.29) is 18.1 Å². The molecule has 7 heteroatoms. The molecular weight excluding hydrogens is 240 g/mol. The highest BCUT2D eigenvalue weighted by atomic mass is 16.7. The first kappa shape index (κ1) is 14.2. The van der Waals surface area contributed by atoms with E-state index in [0.717, 1.165) is 0 Å². The molecule has 0 fully saturated rings. The number of aromatic nitrogens is 2. The van der Waals surface area contributed by atoms with Crippen LogP contribution in [0.3, 0.4) is 0 Å². The van der Waals surface area contributed by atoms with Crippen LogP contribution in [-0.4, -0.2) is 33.8 Å². The van der Waals surface area contributed by atoms with Crippen molar-refractivity contribution in [2.24, 2.45) is 5.41 Å². The number of imidazole rings is 1. The van der Waals surface area contributed by atoms with Crippen molar-refractivity contribution in [2.45, 2.75) is 27.4 Å². The Morgan fingerprint density at radius 2 is 2.06 bits per heavy atom. The molecule has 7 nitrogen and oxygen atoms in total. The maximum absolute atomic E-state index is 11.4. The van der Waals surface area contributed by atoms with E-state index < -0.39 is 24.1 Å². The molecule has 0 aliphatic rings. The van der Waals surface area contributed by atoms with Crippen LogP contribution in [0.25, 0.3) is 0 Å². The van der Waals surface area contributed by atoms with E-state index in [9.17, 15) is 9.59 Å². The monoisotopic (exact) mass is 256 g/mol. The molecule has 1 aromatic rings. The van der Waals surface area contributed by atoms with Gasteiger partial charge in [-0.1, -0.05) is 0 Å². The lowest BCUT2D eigenvalue weighted by molar-refractivity contribution is -0.161. The number of rotatable bonds is 4. The Morgan fingerprint density at radius 1 is 1.39 bits per heavy atom. The zero-order chi connectivity index (χ0) is 13.8. The zero-order valence-corrected chi connectivity index (χ0v) is 10.5. The number of carbonyl (C=O) groups excluding carboxylic acids is 2. The van der Waals surface area contributed by atoms with Crippen molar-refractivity contribution in [1.29, 1.82) is 0 Å². The number of aliphatic hydroxyl groups is 1. The van der Waals surface area contributed by atoms with Gasteiger partial charge in [0.05, 0.1) is 11.6 Å². The Hall–Kier alpha value is -1.89. The predicted molar refractivity (Wildman–Crippen MR) is 60.3 cm³/mol. The number of aromatic amines is 1.